The number of benzene rings is 2. The summed E-state index contributed by atoms with van der Waals surface area (Å²) >= 11 is 0. The summed E-state index contributed by atoms with van der Waals surface area (Å²) < 4.78 is 11.6. The third-order valence-corrected chi connectivity index (χ3v) is 6.21. The van der Waals surface area contributed by atoms with E-state index in [1.165, 1.54) is 6.20 Å². The summed E-state index contributed by atoms with van der Waals surface area (Å²) in [6.07, 6.45) is 2.89. The van der Waals surface area contributed by atoms with Crippen LogP contribution in [-0.4, -0.2) is 63.5 Å². The van der Waals surface area contributed by atoms with Crippen LogP contribution in [0.5, 0.6) is 0 Å². The molecule has 0 bridgehead atoms. The largest absolute Gasteiger partial charge is 0.444 e. The average Bonchev–Trinajstić information content (AvgIpc) is 3.32. The van der Waals surface area contributed by atoms with Crippen LogP contribution in [-0.2, 0) is 11.3 Å². The van der Waals surface area contributed by atoms with Gasteiger partial charge in [0.2, 0.25) is 5.89 Å². The second-order valence-corrected chi connectivity index (χ2v) is 10.3. The highest BCUT2D eigenvalue weighted by atomic mass is 16.6. The smallest absolute Gasteiger partial charge is 0.410 e. The van der Waals surface area contributed by atoms with Crippen LogP contribution in [0.25, 0.3) is 22.6 Å². The molecule has 1 aliphatic heterocycles. The van der Waals surface area contributed by atoms with E-state index in [-0.39, 0.29) is 12.0 Å². The van der Waals surface area contributed by atoms with Gasteiger partial charge in [0.25, 0.3) is 5.91 Å². The lowest BCUT2D eigenvalue weighted by Crippen LogP contribution is -2.49. The maximum Gasteiger partial charge on any atom is 0.410 e. The highest BCUT2D eigenvalue weighted by Crippen LogP contribution is 2.31. The van der Waals surface area contributed by atoms with Crippen molar-refractivity contribution in [2.75, 3.05) is 31.5 Å². The Morgan fingerprint density at radius 1 is 1.03 bits per heavy atom. The first-order valence-corrected chi connectivity index (χ1v) is 12.7. The molecule has 4 aromatic rings. The average molecular weight is 514 g/mol. The Morgan fingerprint density at radius 2 is 1.82 bits per heavy atom. The van der Waals surface area contributed by atoms with E-state index in [9.17, 15) is 9.59 Å². The number of carbonyl (C=O) groups excluding carboxylic acids is 2. The predicted molar refractivity (Wildman–Crippen MR) is 145 cm³/mol. The summed E-state index contributed by atoms with van der Waals surface area (Å²) in [6, 6.07) is 16.9. The Balaban J connectivity index is 1.27. The van der Waals surface area contributed by atoms with Crippen molar-refractivity contribution in [1.82, 2.24) is 19.8 Å². The molecule has 3 heterocycles. The first kappa shape index (κ1) is 25.4. The summed E-state index contributed by atoms with van der Waals surface area (Å²) in [7, 11) is 0. The molecule has 5 rings (SSSR count). The Morgan fingerprint density at radius 3 is 2.55 bits per heavy atom. The molecule has 0 saturated carbocycles. The minimum absolute atomic E-state index is 0.254. The Labute approximate surface area is 221 Å². The monoisotopic (exact) mass is 513 g/mol. The number of rotatable bonds is 5. The molecule has 0 unspecified atom stereocenters. The van der Waals surface area contributed by atoms with Crippen LogP contribution < -0.4 is 5.32 Å². The van der Waals surface area contributed by atoms with Crippen LogP contribution in [0, 0.1) is 0 Å². The molecule has 1 saturated heterocycles. The molecule has 2 amide bonds. The molecular formula is C29H31N5O4. The topological polar surface area (TPSA) is 101 Å². The maximum absolute atomic E-state index is 12.7. The lowest BCUT2D eigenvalue weighted by Gasteiger charge is -2.35. The van der Waals surface area contributed by atoms with Gasteiger partial charge in [0, 0.05) is 45.1 Å². The van der Waals surface area contributed by atoms with Crippen molar-refractivity contribution in [3.8, 4) is 11.5 Å². The third kappa shape index (κ3) is 6.00. The standard InChI is InChI=1S/C29H31N5O4/c1-29(2,3)38-28(36)34-15-13-33(14-16-34)19-20-10-11-24-25(17-20)37-27(32-24)22-8-4-5-9-23(22)31-26(35)21-7-6-12-30-18-21/h4-12,17-18H,13-16,19H2,1-3H3,(H,31,35). The van der Waals surface area contributed by atoms with Gasteiger partial charge in [-0.1, -0.05) is 18.2 Å². The van der Waals surface area contributed by atoms with Crippen LogP contribution in [0.4, 0.5) is 10.5 Å². The fourth-order valence-electron chi connectivity index (χ4n) is 4.33. The normalized spacial score (nSPS) is 14.4. The number of hydrogen-bond acceptors (Lipinski definition) is 7. The third-order valence-electron chi connectivity index (χ3n) is 6.21. The number of fused-ring (bicyclic) bond motifs is 1. The zero-order chi connectivity index (χ0) is 26.7. The van der Waals surface area contributed by atoms with Crippen molar-refractivity contribution < 1.29 is 18.7 Å². The minimum atomic E-state index is -0.495. The van der Waals surface area contributed by atoms with E-state index in [1.807, 2.05) is 63.2 Å². The molecule has 196 valence electrons. The molecule has 1 fully saturated rings. The van der Waals surface area contributed by atoms with Crippen molar-refractivity contribution in [2.45, 2.75) is 32.9 Å². The number of pyridine rings is 1. The van der Waals surface area contributed by atoms with Crippen LogP contribution in [0.3, 0.4) is 0 Å². The lowest BCUT2D eigenvalue weighted by molar-refractivity contribution is 0.0139. The first-order valence-electron chi connectivity index (χ1n) is 12.7. The predicted octanol–water partition coefficient (Wildman–Crippen LogP) is 5.19. The molecular weight excluding hydrogens is 482 g/mol. The number of oxazole rings is 1. The summed E-state index contributed by atoms with van der Waals surface area (Å²) in [6.45, 7) is 9.17. The summed E-state index contributed by atoms with van der Waals surface area (Å²) in [5.41, 5.74) is 3.80. The van der Waals surface area contributed by atoms with E-state index in [4.69, 9.17) is 9.15 Å². The van der Waals surface area contributed by atoms with Gasteiger partial charge < -0.3 is 19.4 Å². The van der Waals surface area contributed by atoms with Crippen molar-refractivity contribution in [1.29, 1.82) is 0 Å². The molecule has 9 nitrogen and oxygen atoms in total. The molecule has 1 N–H and O–H groups in total. The number of carbonyl (C=O) groups is 2. The molecule has 1 aliphatic rings. The molecule has 2 aromatic carbocycles. The molecule has 0 radical (unpaired) electrons. The van der Waals surface area contributed by atoms with Crippen molar-refractivity contribution in [2.24, 2.45) is 0 Å². The number of ether oxygens (including phenoxy) is 1. The second kappa shape index (κ2) is 10.6. The van der Waals surface area contributed by atoms with Gasteiger partial charge in [-0.2, -0.15) is 0 Å². The zero-order valence-electron chi connectivity index (χ0n) is 21.8. The van der Waals surface area contributed by atoms with Crippen LogP contribution in [0.2, 0.25) is 0 Å². The van der Waals surface area contributed by atoms with Crippen LogP contribution >= 0.6 is 0 Å². The number of nitrogens with zero attached hydrogens (tertiary/aromatic N) is 4. The van der Waals surface area contributed by atoms with Gasteiger partial charge in [-0.15, -0.1) is 0 Å². The number of para-hydroxylation sites is 1. The molecule has 0 atom stereocenters. The summed E-state index contributed by atoms with van der Waals surface area (Å²) in [5.74, 6) is 0.181. The van der Waals surface area contributed by atoms with E-state index >= 15 is 0 Å². The lowest BCUT2D eigenvalue weighted by atomic mass is 10.1. The zero-order valence-corrected chi connectivity index (χ0v) is 21.8. The first-order chi connectivity index (χ1) is 18.2. The van der Waals surface area contributed by atoms with E-state index in [2.05, 4.69) is 20.2 Å². The van der Waals surface area contributed by atoms with Gasteiger partial charge in [0.15, 0.2) is 5.58 Å². The number of aromatic nitrogens is 2. The van der Waals surface area contributed by atoms with E-state index in [0.717, 1.165) is 30.7 Å². The summed E-state index contributed by atoms with van der Waals surface area (Å²) in [4.78, 5) is 37.8. The van der Waals surface area contributed by atoms with Crippen molar-refractivity contribution in [3.05, 3.63) is 78.1 Å². The fourth-order valence-corrected chi connectivity index (χ4v) is 4.33. The Kier molecular flexibility index (Phi) is 7.11. The van der Waals surface area contributed by atoms with Gasteiger partial charge in [-0.25, -0.2) is 9.78 Å². The molecule has 0 aliphatic carbocycles. The SMILES string of the molecule is CC(C)(C)OC(=O)N1CCN(Cc2ccc3nc(-c4ccccc4NC(=O)c4cccnc4)oc3c2)CC1. The Hall–Kier alpha value is -4.24. The molecule has 38 heavy (non-hydrogen) atoms. The van der Waals surface area contributed by atoms with Crippen molar-refractivity contribution in [3.63, 3.8) is 0 Å². The van der Waals surface area contributed by atoms with Gasteiger partial charge in [-0.3, -0.25) is 14.7 Å². The van der Waals surface area contributed by atoms with E-state index in [1.54, 1.807) is 23.2 Å². The van der Waals surface area contributed by atoms with Crippen molar-refractivity contribution >= 4 is 28.8 Å². The molecule has 2 aromatic heterocycles. The fraction of sp³-hybridized carbons (Fsp3) is 0.310. The van der Waals surface area contributed by atoms with Crippen LogP contribution in [0.1, 0.15) is 36.7 Å². The molecule has 0 spiro atoms. The van der Waals surface area contributed by atoms with E-state index in [0.29, 0.717) is 41.4 Å². The number of piperazine rings is 1. The van der Waals surface area contributed by atoms with Gasteiger partial charge in [0.1, 0.15) is 11.1 Å². The highest BCUT2D eigenvalue weighted by Gasteiger charge is 2.26. The minimum Gasteiger partial charge on any atom is -0.444 e. The van der Waals surface area contributed by atoms with Gasteiger partial charge in [0.05, 0.1) is 16.8 Å². The second-order valence-electron chi connectivity index (χ2n) is 10.3. The van der Waals surface area contributed by atoms with Crippen LogP contribution in [0.15, 0.2) is 71.4 Å². The maximum atomic E-state index is 12.7. The van der Waals surface area contributed by atoms with Gasteiger partial charge in [-0.05, 0) is 62.7 Å². The summed E-state index contributed by atoms with van der Waals surface area (Å²) in [5, 5.41) is 2.94. The number of nitrogens with one attached hydrogen (secondary N) is 1. The van der Waals surface area contributed by atoms with Gasteiger partial charge >= 0.3 is 6.09 Å². The number of anilines is 1. The Bertz CT molecular complexity index is 1440. The number of amides is 2. The molecule has 9 heteroatoms. The quantitative estimate of drug-likeness (QED) is 0.392. The van der Waals surface area contributed by atoms with E-state index < -0.39 is 5.60 Å². The number of hydrogen-bond donors (Lipinski definition) is 1. The highest BCUT2D eigenvalue weighted by molar-refractivity contribution is 6.05.